The smallest absolute Gasteiger partial charge is 0.0629 e. The van der Waals surface area contributed by atoms with Gasteiger partial charge in [0, 0.05) is 6.04 Å². The van der Waals surface area contributed by atoms with Gasteiger partial charge in [0.15, 0.2) is 0 Å². The highest BCUT2D eigenvalue weighted by atomic mass is 14.6. The van der Waals surface area contributed by atoms with Gasteiger partial charge in [0.25, 0.3) is 0 Å². The number of nitrogens with two attached hydrogens (primary N) is 2. The van der Waals surface area contributed by atoms with Crippen molar-refractivity contribution in [2.24, 2.45) is 11.5 Å². The fraction of sp³-hybridized carbons (Fsp3) is 0.208. The monoisotopic (exact) mass is 343 g/mol. The molecular weight excluding hydrogens is 316 g/mol. The van der Waals surface area contributed by atoms with Crippen molar-refractivity contribution < 1.29 is 0 Å². The van der Waals surface area contributed by atoms with Gasteiger partial charge >= 0.3 is 0 Å². The molecule has 0 aliphatic rings. The Bertz CT molecular complexity index is 744. The topological polar surface area (TPSA) is 52.0 Å². The van der Waals surface area contributed by atoms with Gasteiger partial charge in [-0.05, 0) is 41.6 Å². The fourth-order valence-electron chi connectivity index (χ4n) is 3.31. The van der Waals surface area contributed by atoms with Gasteiger partial charge in [0.2, 0.25) is 0 Å². The van der Waals surface area contributed by atoms with E-state index >= 15 is 0 Å². The van der Waals surface area contributed by atoms with Crippen LogP contribution in [0.5, 0.6) is 0 Å². The van der Waals surface area contributed by atoms with Crippen LogP contribution in [0.25, 0.3) is 0 Å². The summed E-state index contributed by atoms with van der Waals surface area (Å²) >= 11 is 0. The second-order valence-electron chi connectivity index (χ2n) is 6.62. The molecule has 0 saturated carbocycles. The van der Waals surface area contributed by atoms with Crippen molar-refractivity contribution >= 4 is 0 Å². The van der Waals surface area contributed by atoms with Crippen molar-refractivity contribution in [2.75, 3.05) is 6.54 Å². The van der Waals surface area contributed by atoms with Crippen LogP contribution >= 0.6 is 0 Å². The van der Waals surface area contributed by atoms with Crippen LogP contribution in [0.3, 0.4) is 0 Å². The predicted molar refractivity (Wildman–Crippen MR) is 110 cm³/mol. The Kier molecular flexibility index (Phi) is 6.59. The third-order valence-electron chi connectivity index (χ3n) is 4.70. The summed E-state index contributed by atoms with van der Waals surface area (Å²) in [6.07, 6.45) is 3.06. The van der Waals surface area contributed by atoms with Gasteiger partial charge < -0.3 is 11.5 Å². The molecular formula is C24H27N2. The van der Waals surface area contributed by atoms with Gasteiger partial charge in [-0.2, -0.15) is 0 Å². The fourth-order valence-corrected chi connectivity index (χ4v) is 3.31. The molecule has 1 unspecified atom stereocenters. The van der Waals surface area contributed by atoms with E-state index in [1.165, 1.54) is 28.2 Å². The SMILES string of the molecule is NCCCCC(N)c1cccc([C](c2ccccc2)c2ccccc2)c1. The first kappa shape index (κ1) is 18.4. The van der Waals surface area contributed by atoms with Crippen LogP contribution in [0.4, 0.5) is 0 Å². The zero-order valence-corrected chi connectivity index (χ0v) is 15.1. The van der Waals surface area contributed by atoms with Crippen molar-refractivity contribution in [3.05, 3.63) is 113 Å². The van der Waals surface area contributed by atoms with Gasteiger partial charge in [0.05, 0.1) is 5.92 Å². The Labute approximate surface area is 156 Å². The average molecular weight is 343 g/mol. The Morgan fingerprint density at radius 3 is 1.85 bits per heavy atom. The van der Waals surface area contributed by atoms with E-state index in [9.17, 15) is 0 Å². The largest absolute Gasteiger partial charge is 0.330 e. The molecule has 1 radical (unpaired) electrons. The average Bonchev–Trinajstić information content (AvgIpc) is 2.70. The summed E-state index contributed by atoms with van der Waals surface area (Å²) in [5.74, 6) is 1.24. The first-order valence-corrected chi connectivity index (χ1v) is 9.33. The standard InChI is InChI=1S/C24H27N2/c25-17-8-7-16-23(26)21-14-9-15-22(18-21)24(19-10-3-1-4-11-19)20-12-5-2-6-13-20/h1-6,9-15,18,23H,7-8,16-17,25-26H2. The van der Waals surface area contributed by atoms with Crippen LogP contribution in [0.2, 0.25) is 0 Å². The molecule has 0 heterocycles. The molecule has 0 aliphatic carbocycles. The van der Waals surface area contributed by atoms with Gasteiger partial charge in [-0.15, -0.1) is 0 Å². The van der Waals surface area contributed by atoms with Gasteiger partial charge in [-0.3, -0.25) is 0 Å². The molecule has 1 atom stereocenters. The Balaban J connectivity index is 1.94. The number of hydrogen-bond donors (Lipinski definition) is 2. The normalized spacial score (nSPS) is 12.3. The molecule has 0 saturated heterocycles. The first-order chi connectivity index (χ1) is 12.8. The maximum Gasteiger partial charge on any atom is 0.0629 e. The molecule has 3 rings (SSSR count). The van der Waals surface area contributed by atoms with E-state index in [-0.39, 0.29) is 6.04 Å². The molecule has 0 aliphatic heterocycles. The van der Waals surface area contributed by atoms with E-state index in [0.717, 1.165) is 25.8 Å². The maximum atomic E-state index is 6.43. The molecule has 2 heteroatoms. The lowest BCUT2D eigenvalue weighted by molar-refractivity contribution is 0.591. The number of unbranched alkanes of at least 4 members (excludes halogenated alkanes) is 1. The van der Waals surface area contributed by atoms with Crippen LogP contribution in [0, 0.1) is 5.92 Å². The van der Waals surface area contributed by atoms with Crippen LogP contribution in [-0.2, 0) is 0 Å². The van der Waals surface area contributed by atoms with E-state index in [0.29, 0.717) is 0 Å². The zero-order valence-electron chi connectivity index (χ0n) is 15.1. The second kappa shape index (κ2) is 9.33. The molecule has 0 bridgehead atoms. The van der Waals surface area contributed by atoms with Crippen LogP contribution < -0.4 is 11.5 Å². The quantitative estimate of drug-likeness (QED) is 0.454. The molecule has 4 N–H and O–H groups in total. The van der Waals surface area contributed by atoms with Crippen molar-refractivity contribution in [1.29, 1.82) is 0 Å². The lowest BCUT2D eigenvalue weighted by Gasteiger charge is -2.20. The van der Waals surface area contributed by atoms with Crippen molar-refractivity contribution in [3.63, 3.8) is 0 Å². The summed E-state index contributed by atoms with van der Waals surface area (Å²) in [6.45, 7) is 0.729. The van der Waals surface area contributed by atoms with Gasteiger partial charge in [-0.1, -0.05) is 91.3 Å². The maximum absolute atomic E-state index is 6.43. The van der Waals surface area contributed by atoms with Crippen LogP contribution in [-0.4, -0.2) is 6.54 Å². The van der Waals surface area contributed by atoms with Crippen LogP contribution in [0.1, 0.15) is 47.6 Å². The Morgan fingerprint density at radius 2 is 1.27 bits per heavy atom. The molecule has 3 aromatic rings. The van der Waals surface area contributed by atoms with E-state index in [1.807, 2.05) is 0 Å². The summed E-state index contributed by atoms with van der Waals surface area (Å²) in [5.41, 5.74) is 16.9. The number of benzene rings is 3. The lowest BCUT2D eigenvalue weighted by atomic mass is 9.84. The van der Waals surface area contributed by atoms with Crippen LogP contribution in [0.15, 0.2) is 84.9 Å². The van der Waals surface area contributed by atoms with Gasteiger partial charge in [-0.25, -0.2) is 0 Å². The number of hydrogen-bond acceptors (Lipinski definition) is 2. The highest BCUT2D eigenvalue weighted by Crippen LogP contribution is 2.32. The molecule has 26 heavy (non-hydrogen) atoms. The third kappa shape index (κ3) is 4.60. The summed E-state index contributed by atoms with van der Waals surface area (Å²) in [6, 6.07) is 29.8. The van der Waals surface area contributed by atoms with Crippen molar-refractivity contribution in [2.45, 2.75) is 25.3 Å². The molecule has 0 aromatic heterocycles. The van der Waals surface area contributed by atoms with Crippen molar-refractivity contribution in [1.82, 2.24) is 0 Å². The van der Waals surface area contributed by atoms with E-state index in [4.69, 9.17) is 11.5 Å². The summed E-state index contributed by atoms with van der Waals surface area (Å²) in [7, 11) is 0. The zero-order chi connectivity index (χ0) is 18.2. The lowest BCUT2D eigenvalue weighted by Crippen LogP contribution is -2.12. The molecule has 0 spiro atoms. The molecule has 0 fully saturated rings. The molecule has 3 aromatic carbocycles. The minimum absolute atomic E-state index is 0.0503. The summed E-state index contributed by atoms with van der Waals surface area (Å²) < 4.78 is 0. The molecule has 0 amide bonds. The molecule has 133 valence electrons. The van der Waals surface area contributed by atoms with E-state index in [2.05, 4.69) is 84.9 Å². The first-order valence-electron chi connectivity index (χ1n) is 9.33. The minimum atomic E-state index is 0.0503. The minimum Gasteiger partial charge on any atom is -0.330 e. The third-order valence-corrected chi connectivity index (χ3v) is 4.70. The Hall–Kier alpha value is -2.42. The van der Waals surface area contributed by atoms with Crippen molar-refractivity contribution in [3.8, 4) is 0 Å². The number of rotatable bonds is 8. The summed E-state index contributed by atoms with van der Waals surface area (Å²) in [5, 5.41) is 0. The Morgan fingerprint density at radius 1 is 0.692 bits per heavy atom. The highest BCUT2D eigenvalue weighted by Gasteiger charge is 2.18. The van der Waals surface area contributed by atoms with E-state index in [1.54, 1.807) is 0 Å². The second-order valence-corrected chi connectivity index (χ2v) is 6.62. The van der Waals surface area contributed by atoms with E-state index < -0.39 is 0 Å². The highest BCUT2D eigenvalue weighted by molar-refractivity contribution is 5.57. The predicted octanol–water partition coefficient (Wildman–Crippen LogP) is 4.83. The summed E-state index contributed by atoms with van der Waals surface area (Å²) in [4.78, 5) is 0. The van der Waals surface area contributed by atoms with Gasteiger partial charge in [0.1, 0.15) is 0 Å². The molecule has 2 nitrogen and oxygen atoms in total.